The summed E-state index contributed by atoms with van der Waals surface area (Å²) in [6.45, 7) is 4.93. The first-order valence-electron chi connectivity index (χ1n) is 8.76. The summed E-state index contributed by atoms with van der Waals surface area (Å²) in [7, 11) is 0. The zero-order valence-electron chi connectivity index (χ0n) is 15.8. The fourth-order valence-corrected chi connectivity index (χ4v) is 3.12. The number of unbranched alkanes of at least 4 members (excludes halogenated alkanes) is 1. The third kappa shape index (κ3) is 4.04. The van der Waals surface area contributed by atoms with E-state index >= 15 is 0 Å². The zero-order chi connectivity index (χ0) is 21.0. The van der Waals surface area contributed by atoms with Gasteiger partial charge >= 0.3 is 11.9 Å². The summed E-state index contributed by atoms with van der Waals surface area (Å²) in [4.78, 5) is 35.2. The standard InChI is InChI=1S/C19H22N2O7/c1-4-5-9-28-19(24)16-12(3)20(25)11(2)15(18(22)23)17(16)13-7-6-8-14(10-13)21(26)27/h6-8,10,17,25H,4-5,9H2,1-3H3,(H,22,23). The third-order valence-corrected chi connectivity index (χ3v) is 4.59. The Hall–Kier alpha value is -3.20. The number of esters is 1. The molecule has 1 unspecified atom stereocenters. The summed E-state index contributed by atoms with van der Waals surface area (Å²) in [5.41, 5.74) is -0.172. The second kappa shape index (κ2) is 8.66. The lowest BCUT2D eigenvalue weighted by atomic mass is 9.80. The van der Waals surface area contributed by atoms with Crippen LogP contribution in [-0.4, -0.2) is 38.8 Å². The van der Waals surface area contributed by atoms with Gasteiger partial charge in [0.15, 0.2) is 0 Å². The number of hydroxylamine groups is 2. The normalized spacial score (nSPS) is 17.0. The van der Waals surface area contributed by atoms with Gasteiger partial charge in [0.05, 0.1) is 40.0 Å². The van der Waals surface area contributed by atoms with Crippen LogP contribution in [0.2, 0.25) is 0 Å². The van der Waals surface area contributed by atoms with Gasteiger partial charge in [-0.1, -0.05) is 25.5 Å². The number of carboxylic acid groups (broad SMARTS) is 1. The molecule has 1 heterocycles. The highest BCUT2D eigenvalue weighted by atomic mass is 16.6. The van der Waals surface area contributed by atoms with Crippen LogP contribution >= 0.6 is 0 Å². The van der Waals surface area contributed by atoms with Crippen LogP contribution < -0.4 is 0 Å². The van der Waals surface area contributed by atoms with Crippen LogP contribution in [0, 0.1) is 10.1 Å². The van der Waals surface area contributed by atoms with Crippen molar-refractivity contribution in [1.82, 2.24) is 5.06 Å². The molecule has 1 atom stereocenters. The Bertz CT molecular complexity index is 873. The molecule has 0 bridgehead atoms. The number of nitro groups is 1. The Kier molecular flexibility index (Phi) is 6.53. The maximum absolute atomic E-state index is 12.7. The van der Waals surface area contributed by atoms with E-state index in [2.05, 4.69) is 0 Å². The molecule has 1 aliphatic heterocycles. The van der Waals surface area contributed by atoms with Crippen molar-refractivity contribution in [3.05, 3.63) is 62.5 Å². The Morgan fingerprint density at radius 1 is 1.25 bits per heavy atom. The average Bonchev–Trinajstić information content (AvgIpc) is 2.65. The first-order valence-corrected chi connectivity index (χ1v) is 8.76. The SMILES string of the molecule is CCCCOC(=O)C1=C(C)N(O)C(C)=C(C(=O)O)C1c1cccc([N+](=O)[O-])c1. The summed E-state index contributed by atoms with van der Waals surface area (Å²) < 4.78 is 5.25. The highest BCUT2D eigenvalue weighted by Gasteiger charge is 2.40. The molecule has 0 fully saturated rings. The first kappa shape index (κ1) is 21.1. The van der Waals surface area contributed by atoms with Crippen LogP contribution in [-0.2, 0) is 14.3 Å². The first-order chi connectivity index (χ1) is 13.2. The number of carboxylic acids is 1. The van der Waals surface area contributed by atoms with Gasteiger partial charge in [-0.15, -0.1) is 0 Å². The fourth-order valence-electron chi connectivity index (χ4n) is 3.12. The van der Waals surface area contributed by atoms with Crippen molar-refractivity contribution in [1.29, 1.82) is 0 Å². The minimum atomic E-state index is -1.35. The molecule has 1 aromatic carbocycles. The number of aliphatic carboxylic acids is 1. The molecule has 1 aromatic rings. The molecular formula is C19H22N2O7. The molecule has 150 valence electrons. The van der Waals surface area contributed by atoms with E-state index in [1.165, 1.54) is 38.1 Å². The number of carbonyl (C=O) groups excluding carboxylic acids is 1. The molecule has 0 radical (unpaired) electrons. The Labute approximate surface area is 161 Å². The fraction of sp³-hybridized carbons (Fsp3) is 0.368. The Morgan fingerprint density at radius 3 is 2.46 bits per heavy atom. The number of benzene rings is 1. The number of hydrogen-bond donors (Lipinski definition) is 2. The molecule has 2 rings (SSSR count). The number of nitro benzene ring substituents is 1. The molecule has 2 N–H and O–H groups in total. The zero-order valence-corrected chi connectivity index (χ0v) is 15.8. The maximum atomic E-state index is 12.7. The number of ether oxygens (including phenoxy) is 1. The van der Waals surface area contributed by atoms with Crippen LogP contribution in [0.1, 0.15) is 45.1 Å². The number of non-ortho nitro benzene ring substituents is 1. The highest BCUT2D eigenvalue weighted by molar-refractivity contribution is 5.99. The molecule has 0 saturated heterocycles. The molecule has 28 heavy (non-hydrogen) atoms. The number of nitrogens with zero attached hydrogens (tertiary/aromatic N) is 2. The molecule has 0 aromatic heterocycles. The summed E-state index contributed by atoms with van der Waals surface area (Å²) >= 11 is 0. The van der Waals surface area contributed by atoms with E-state index in [9.17, 15) is 30.0 Å². The van der Waals surface area contributed by atoms with Gasteiger partial charge in [-0.05, 0) is 25.8 Å². The number of hydrogen-bond acceptors (Lipinski definition) is 7. The minimum absolute atomic E-state index is 0.0200. The van der Waals surface area contributed by atoms with E-state index in [1.54, 1.807) is 0 Å². The van der Waals surface area contributed by atoms with E-state index < -0.39 is 22.8 Å². The van der Waals surface area contributed by atoms with Crippen molar-refractivity contribution < 1.29 is 29.6 Å². The van der Waals surface area contributed by atoms with Gasteiger partial charge in [0.2, 0.25) is 0 Å². The second-order valence-corrected chi connectivity index (χ2v) is 6.39. The topological polar surface area (TPSA) is 130 Å². The Balaban J connectivity index is 2.65. The van der Waals surface area contributed by atoms with Crippen LogP contribution in [0.4, 0.5) is 5.69 Å². The summed E-state index contributed by atoms with van der Waals surface area (Å²) in [5.74, 6) is -3.23. The van der Waals surface area contributed by atoms with Crippen molar-refractivity contribution >= 4 is 17.6 Å². The van der Waals surface area contributed by atoms with E-state index in [0.717, 1.165) is 6.42 Å². The summed E-state index contributed by atoms with van der Waals surface area (Å²) in [6.07, 6.45) is 1.42. The monoisotopic (exact) mass is 390 g/mol. The maximum Gasteiger partial charge on any atom is 0.336 e. The van der Waals surface area contributed by atoms with Gasteiger partial charge in [-0.25, -0.2) is 14.7 Å². The summed E-state index contributed by atoms with van der Waals surface area (Å²) in [6, 6.07) is 5.43. The van der Waals surface area contributed by atoms with Gasteiger partial charge in [0, 0.05) is 12.1 Å². The van der Waals surface area contributed by atoms with E-state index in [1.807, 2.05) is 6.92 Å². The highest BCUT2D eigenvalue weighted by Crippen LogP contribution is 2.42. The van der Waals surface area contributed by atoms with Crippen molar-refractivity contribution in [2.75, 3.05) is 6.61 Å². The van der Waals surface area contributed by atoms with Crippen molar-refractivity contribution in [2.24, 2.45) is 0 Å². The molecule has 9 heteroatoms. The van der Waals surface area contributed by atoms with E-state index in [4.69, 9.17) is 4.74 Å². The predicted molar refractivity (Wildman–Crippen MR) is 98.4 cm³/mol. The van der Waals surface area contributed by atoms with Gasteiger partial charge in [0.25, 0.3) is 5.69 Å². The Morgan fingerprint density at radius 2 is 1.89 bits per heavy atom. The van der Waals surface area contributed by atoms with Crippen molar-refractivity contribution in [2.45, 2.75) is 39.5 Å². The van der Waals surface area contributed by atoms with E-state index in [0.29, 0.717) is 11.5 Å². The molecule has 0 amide bonds. The van der Waals surface area contributed by atoms with Gasteiger partial charge in [-0.3, -0.25) is 15.3 Å². The second-order valence-electron chi connectivity index (χ2n) is 6.39. The number of rotatable bonds is 7. The minimum Gasteiger partial charge on any atom is -0.478 e. The number of carbonyl (C=O) groups is 2. The quantitative estimate of drug-likeness (QED) is 0.314. The molecule has 0 spiro atoms. The molecule has 9 nitrogen and oxygen atoms in total. The predicted octanol–water partition coefficient (Wildman–Crippen LogP) is 3.36. The third-order valence-electron chi connectivity index (χ3n) is 4.59. The number of allylic oxidation sites excluding steroid dienone is 2. The lowest BCUT2D eigenvalue weighted by molar-refractivity contribution is -0.384. The van der Waals surface area contributed by atoms with Crippen LogP contribution in [0.25, 0.3) is 0 Å². The van der Waals surface area contributed by atoms with Gasteiger partial charge in [0.1, 0.15) is 0 Å². The lowest BCUT2D eigenvalue weighted by Crippen LogP contribution is -2.33. The van der Waals surface area contributed by atoms with Crippen LogP contribution in [0.15, 0.2) is 46.8 Å². The van der Waals surface area contributed by atoms with Gasteiger partial charge < -0.3 is 9.84 Å². The van der Waals surface area contributed by atoms with Crippen LogP contribution in [0.5, 0.6) is 0 Å². The molecular weight excluding hydrogens is 368 g/mol. The average molecular weight is 390 g/mol. The molecule has 1 aliphatic rings. The van der Waals surface area contributed by atoms with Gasteiger partial charge in [-0.2, -0.15) is 0 Å². The molecule has 0 aliphatic carbocycles. The van der Waals surface area contributed by atoms with Crippen molar-refractivity contribution in [3.63, 3.8) is 0 Å². The van der Waals surface area contributed by atoms with Crippen LogP contribution in [0.3, 0.4) is 0 Å². The largest absolute Gasteiger partial charge is 0.478 e. The summed E-state index contributed by atoms with van der Waals surface area (Å²) in [5, 5.41) is 31.8. The van der Waals surface area contributed by atoms with Crippen molar-refractivity contribution in [3.8, 4) is 0 Å². The molecule has 0 saturated carbocycles. The smallest absolute Gasteiger partial charge is 0.336 e. The van der Waals surface area contributed by atoms with E-state index in [-0.39, 0.29) is 40.4 Å². The lowest BCUT2D eigenvalue weighted by Gasteiger charge is -2.33.